The molecule has 5 nitrogen and oxygen atoms in total. The maximum absolute atomic E-state index is 13.4. The molecular formula is C22H22Cl2FNO4S. The van der Waals surface area contributed by atoms with Crippen LogP contribution in [0, 0.1) is 17.7 Å². The molecule has 2 fully saturated rings. The molecule has 2 aromatic carbocycles. The molecule has 31 heavy (non-hydrogen) atoms. The van der Waals surface area contributed by atoms with Crippen LogP contribution >= 0.6 is 23.2 Å². The third-order valence-corrected chi connectivity index (χ3v) is 9.67. The third-order valence-electron chi connectivity index (χ3n) is 6.73. The molecule has 2 aromatic rings. The first-order valence-corrected chi connectivity index (χ1v) is 12.3. The molecule has 166 valence electrons. The van der Waals surface area contributed by atoms with Gasteiger partial charge in [0.1, 0.15) is 5.82 Å². The Bertz CT molecular complexity index is 1140. The monoisotopic (exact) mass is 485 g/mol. The highest BCUT2D eigenvalue weighted by molar-refractivity contribution is 7.92. The van der Waals surface area contributed by atoms with Crippen LogP contribution in [0.3, 0.4) is 0 Å². The number of rotatable bonds is 4. The molecule has 0 radical (unpaired) electrons. The molecule has 2 saturated carbocycles. The number of sulfone groups is 1. The molecule has 2 bridgehead atoms. The molecule has 2 N–H and O–H groups in total. The summed E-state index contributed by atoms with van der Waals surface area (Å²) in [6.45, 7) is 1.79. The SMILES string of the molecule is CC1(O)C2CCC1CC(S(=O)(=O)c1cc(C(=O)Nc3ccc(F)c(Cl)c3)ccc1Cl)C2. The highest BCUT2D eigenvalue weighted by atomic mass is 35.5. The quantitative estimate of drug-likeness (QED) is 0.630. The molecule has 1 amide bonds. The number of hydrogen-bond acceptors (Lipinski definition) is 4. The fourth-order valence-electron chi connectivity index (χ4n) is 4.84. The molecule has 2 atom stereocenters. The molecule has 0 heterocycles. The Morgan fingerprint density at radius 2 is 1.74 bits per heavy atom. The maximum Gasteiger partial charge on any atom is 0.255 e. The highest BCUT2D eigenvalue weighted by Crippen LogP contribution is 2.51. The minimum Gasteiger partial charge on any atom is -0.390 e. The summed E-state index contributed by atoms with van der Waals surface area (Å²) in [5.41, 5.74) is -0.454. The van der Waals surface area contributed by atoms with Crippen molar-refractivity contribution in [3.63, 3.8) is 0 Å². The van der Waals surface area contributed by atoms with Gasteiger partial charge in [0.25, 0.3) is 5.91 Å². The van der Waals surface area contributed by atoms with Gasteiger partial charge < -0.3 is 10.4 Å². The lowest BCUT2D eigenvalue weighted by Crippen LogP contribution is -2.45. The molecule has 0 spiro atoms. The maximum atomic E-state index is 13.4. The van der Waals surface area contributed by atoms with E-state index in [2.05, 4.69) is 5.32 Å². The lowest BCUT2D eigenvalue weighted by Gasteiger charge is -2.40. The molecule has 4 rings (SSSR count). The third kappa shape index (κ3) is 4.09. The lowest BCUT2D eigenvalue weighted by atomic mass is 9.76. The largest absolute Gasteiger partial charge is 0.390 e. The average molecular weight is 486 g/mol. The molecule has 0 saturated heterocycles. The number of hydrogen-bond donors (Lipinski definition) is 2. The van der Waals surface area contributed by atoms with Gasteiger partial charge in [0.2, 0.25) is 0 Å². The van der Waals surface area contributed by atoms with Crippen LogP contribution in [0.4, 0.5) is 10.1 Å². The van der Waals surface area contributed by atoms with E-state index < -0.39 is 32.4 Å². The first kappa shape index (κ1) is 22.5. The van der Waals surface area contributed by atoms with Crippen molar-refractivity contribution >= 4 is 44.6 Å². The number of amides is 1. The van der Waals surface area contributed by atoms with E-state index >= 15 is 0 Å². The van der Waals surface area contributed by atoms with Crippen molar-refractivity contribution in [2.24, 2.45) is 11.8 Å². The fraction of sp³-hybridized carbons (Fsp3) is 0.409. The number of carbonyl (C=O) groups is 1. The Balaban J connectivity index is 1.60. The van der Waals surface area contributed by atoms with Crippen molar-refractivity contribution in [1.82, 2.24) is 0 Å². The zero-order valence-electron chi connectivity index (χ0n) is 16.7. The van der Waals surface area contributed by atoms with Gasteiger partial charge in [-0.15, -0.1) is 0 Å². The van der Waals surface area contributed by atoms with Crippen molar-refractivity contribution in [3.8, 4) is 0 Å². The Hall–Kier alpha value is -1.67. The summed E-state index contributed by atoms with van der Waals surface area (Å²) in [7, 11) is -3.80. The van der Waals surface area contributed by atoms with Crippen LogP contribution in [-0.4, -0.2) is 30.3 Å². The number of anilines is 1. The summed E-state index contributed by atoms with van der Waals surface area (Å²) >= 11 is 12.0. The van der Waals surface area contributed by atoms with Gasteiger partial charge in [-0.1, -0.05) is 23.2 Å². The summed E-state index contributed by atoms with van der Waals surface area (Å²) in [5, 5.41) is 12.5. The van der Waals surface area contributed by atoms with Gasteiger partial charge in [0, 0.05) is 11.3 Å². The highest BCUT2D eigenvalue weighted by Gasteiger charge is 2.53. The fourth-order valence-corrected chi connectivity index (χ4v) is 7.42. The first-order chi connectivity index (χ1) is 14.5. The van der Waals surface area contributed by atoms with Gasteiger partial charge in [0.15, 0.2) is 9.84 Å². The van der Waals surface area contributed by atoms with E-state index in [4.69, 9.17) is 23.2 Å². The van der Waals surface area contributed by atoms with Crippen molar-refractivity contribution in [2.75, 3.05) is 5.32 Å². The average Bonchev–Trinajstić information content (AvgIpc) is 2.87. The topological polar surface area (TPSA) is 83.5 Å². The number of carbonyl (C=O) groups excluding carboxylic acids is 1. The van der Waals surface area contributed by atoms with E-state index in [0.717, 1.165) is 18.9 Å². The first-order valence-electron chi connectivity index (χ1n) is 10.0. The standard InChI is InChI=1S/C22H22Cl2FNO4S/c1-22(28)13-3-4-14(22)10-16(9-13)31(29,30)20-8-12(2-6-17(20)23)21(27)26-15-5-7-19(25)18(24)11-15/h2,5-8,11,13-14,16,28H,3-4,9-10H2,1H3,(H,26,27). The predicted octanol–water partition coefficient (Wildman–Crippen LogP) is 5.10. The molecule has 0 aromatic heterocycles. The Labute approximate surface area is 190 Å². The summed E-state index contributed by atoms with van der Waals surface area (Å²) in [5.74, 6) is -1.32. The van der Waals surface area contributed by atoms with Crippen molar-refractivity contribution in [1.29, 1.82) is 0 Å². The summed E-state index contributed by atoms with van der Waals surface area (Å²) in [4.78, 5) is 12.6. The zero-order valence-corrected chi connectivity index (χ0v) is 19.1. The van der Waals surface area contributed by atoms with Crippen molar-refractivity contribution < 1.29 is 22.7 Å². The molecule has 2 unspecified atom stereocenters. The molecule has 9 heteroatoms. The minimum atomic E-state index is -3.80. The Morgan fingerprint density at radius 1 is 1.10 bits per heavy atom. The van der Waals surface area contributed by atoms with Crippen LogP contribution in [0.5, 0.6) is 0 Å². The number of benzene rings is 2. The zero-order chi connectivity index (χ0) is 22.6. The van der Waals surface area contributed by atoms with Crippen LogP contribution in [0.1, 0.15) is 43.0 Å². The van der Waals surface area contributed by atoms with Gasteiger partial charge in [-0.25, -0.2) is 12.8 Å². The van der Waals surface area contributed by atoms with Gasteiger partial charge >= 0.3 is 0 Å². The van der Waals surface area contributed by atoms with E-state index in [1.54, 1.807) is 6.92 Å². The lowest BCUT2D eigenvalue weighted by molar-refractivity contribution is -0.0413. The Morgan fingerprint density at radius 3 is 2.35 bits per heavy atom. The van der Waals surface area contributed by atoms with E-state index in [1.807, 2.05) is 0 Å². The van der Waals surface area contributed by atoms with E-state index in [1.165, 1.54) is 30.3 Å². The second-order valence-corrected chi connectivity index (χ2v) is 11.6. The smallest absolute Gasteiger partial charge is 0.255 e. The second kappa shape index (κ2) is 8.03. The van der Waals surface area contributed by atoms with Crippen LogP contribution < -0.4 is 5.32 Å². The van der Waals surface area contributed by atoms with Gasteiger partial charge in [-0.3, -0.25) is 4.79 Å². The summed E-state index contributed by atoms with van der Waals surface area (Å²) in [6, 6.07) is 7.84. The van der Waals surface area contributed by atoms with Crippen LogP contribution in [0.2, 0.25) is 10.0 Å². The molecule has 2 aliphatic rings. The molecule has 2 aliphatic carbocycles. The normalized spacial score (nSPS) is 27.8. The molecule has 0 aliphatic heterocycles. The number of aliphatic hydroxyl groups is 1. The van der Waals surface area contributed by atoms with Gasteiger partial charge in [-0.05, 0) is 80.8 Å². The number of fused-ring (bicyclic) bond motifs is 2. The number of nitrogens with one attached hydrogen (secondary N) is 1. The van der Waals surface area contributed by atoms with Gasteiger partial charge in [0.05, 0.1) is 25.8 Å². The predicted molar refractivity (Wildman–Crippen MR) is 118 cm³/mol. The van der Waals surface area contributed by atoms with Crippen molar-refractivity contribution in [3.05, 3.63) is 57.8 Å². The van der Waals surface area contributed by atoms with E-state index in [0.29, 0.717) is 12.8 Å². The van der Waals surface area contributed by atoms with Crippen molar-refractivity contribution in [2.45, 2.75) is 48.4 Å². The number of halogens is 3. The van der Waals surface area contributed by atoms with E-state index in [-0.39, 0.29) is 38.0 Å². The van der Waals surface area contributed by atoms with Crippen LogP contribution in [0.25, 0.3) is 0 Å². The van der Waals surface area contributed by atoms with E-state index in [9.17, 15) is 22.7 Å². The summed E-state index contributed by atoms with van der Waals surface area (Å²) in [6.07, 6.45) is 2.35. The summed E-state index contributed by atoms with van der Waals surface area (Å²) < 4.78 is 40.1. The van der Waals surface area contributed by atoms with Crippen LogP contribution in [-0.2, 0) is 9.84 Å². The minimum absolute atomic E-state index is 0.0473. The molecular weight excluding hydrogens is 464 g/mol. The van der Waals surface area contributed by atoms with Crippen LogP contribution in [0.15, 0.2) is 41.3 Å². The second-order valence-electron chi connectivity index (χ2n) is 8.56. The Kier molecular flexibility index (Phi) is 5.83. The van der Waals surface area contributed by atoms with Gasteiger partial charge in [-0.2, -0.15) is 0 Å².